The molecular formula is C13H17NO3. The lowest BCUT2D eigenvalue weighted by molar-refractivity contribution is -0.154. The van der Waals surface area contributed by atoms with Crippen molar-refractivity contribution in [1.29, 1.82) is 0 Å². The zero-order valence-electron chi connectivity index (χ0n) is 10.1. The molecule has 1 heterocycles. The maximum atomic E-state index is 11.7. The van der Waals surface area contributed by atoms with Crippen molar-refractivity contribution in [2.75, 3.05) is 19.7 Å². The molecule has 0 atom stereocenters. The van der Waals surface area contributed by atoms with E-state index in [4.69, 9.17) is 4.74 Å². The van der Waals surface area contributed by atoms with Crippen molar-refractivity contribution in [1.82, 2.24) is 4.90 Å². The van der Waals surface area contributed by atoms with Gasteiger partial charge in [-0.25, -0.2) is 0 Å². The van der Waals surface area contributed by atoms with Gasteiger partial charge in [-0.1, -0.05) is 18.2 Å². The molecule has 2 rings (SSSR count). The number of aryl methyl sites for hydroxylation is 1. The van der Waals surface area contributed by atoms with Crippen molar-refractivity contribution in [3.63, 3.8) is 0 Å². The molecule has 92 valence electrons. The smallest absolute Gasteiger partial charge is 0.260 e. The van der Waals surface area contributed by atoms with Crippen LogP contribution in [0.1, 0.15) is 12.5 Å². The number of benzene rings is 1. The van der Waals surface area contributed by atoms with Gasteiger partial charge in [-0.05, 0) is 25.5 Å². The Morgan fingerprint density at radius 2 is 2.12 bits per heavy atom. The van der Waals surface area contributed by atoms with Gasteiger partial charge in [0.25, 0.3) is 5.91 Å². The number of rotatable bonds is 3. The SMILES string of the molecule is Cc1ccccc1OCC(=O)N1CC(C)(O)C1. The quantitative estimate of drug-likeness (QED) is 0.849. The third-order valence-electron chi connectivity index (χ3n) is 2.86. The van der Waals surface area contributed by atoms with Crippen molar-refractivity contribution in [3.05, 3.63) is 29.8 Å². The maximum Gasteiger partial charge on any atom is 0.260 e. The molecule has 1 aliphatic rings. The third-order valence-corrected chi connectivity index (χ3v) is 2.86. The van der Waals surface area contributed by atoms with E-state index in [1.54, 1.807) is 11.8 Å². The van der Waals surface area contributed by atoms with Crippen molar-refractivity contribution in [3.8, 4) is 5.75 Å². The maximum absolute atomic E-state index is 11.7. The minimum Gasteiger partial charge on any atom is -0.484 e. The molecule has 4 nitrogen and oxygen atoms in total. The molecule has 0 spiro atoms. The number of carbonyl (C=O) groups is 1. The van der Waals surface area contributed by atoms with Crippen LogP contribution >= 0.6 is 0 Å². The number of hydrogen-bond acceptors (Lipinski definition) is 3. The molecule has 0 bridgehead atoms. The van der Waals surface area contributed by atoms with E-state index >= 15 is 0 Å². The minimum atomic E-state index is -0.724. The summed E-state index contributed by atoms with van der Waals surface area (Å²) in [6.07, 6.45) is 0. The van der Waals surface area contributed by atoms with Crippen molar-refractivity contribution in [2.45, 2.75) is 19.4 Å². The average molecular weight is 235 g/mol. The summed E-state index contributed by atoms with van der Waals surface area (Å²) >= 11 is 0. The van der Waals surface area contributed by atoms with Gasteiger partial charge in [0.15, 0.2) is 6.61 Å². The van der Waals surface area contributed by atoms with Crippen LogP contribution in [-0.4, -0.2) is 41.2 Å². The van der Waals surface area contributed by atoms with E-state index in [0.29, 0.717) is 13.1 Å². The van der Waals surface area contributed by atoms with E-state index in [0.717, 1.165) is 11.3 Å². The fourth-order valence-electron chi connectivity index (χ4n) is 1.90. The minimum absolute atomic E-state index is 0.0287. The molecule has 1 saturated heterocycles. The van der Waals surface area contributed by atoms with Crippen LogP contribution < -0.4 is 4.74 Å². The highest BCUT2D eigenvalue weighted by atomic mass is 16.5. The first kappa shape index (κ1) is 11.9. The van der Waals surface area contributed by atoms with E-state index < -0.39 is 5.60 Å². The van der Waals surface area contributed by atoms with Crippen LogP contribution in [0.3, 0.4) is 0 Å². The zero-order chi connectivity index (χ0) is 12.5. The topological polar surface area (TPSA) is 49.8 Å². The summed E-state index contributed by atoms with van der Waals surface area (Å²) in [6.45, 7) is 4.47. The molecular weight excluding hydrogens is 218 g/mol. The highest BCUT2D eigenvalue weighted by molar-refractivity contribution is 5.79. The predicted octanol–water partition coefficient (Wildman–Crippen LogP) is 0.967. The second kappa shape index (κ2) is 4.37. The zero-order valence-corrected chi connectivity index (χ0v) is 10.1. The number of β-amino-alcohol motifs (C(OH)–C–C–N with tert-alkyl or cyclic N) is 1. The third kappa shape index (κ3) is 2.77. The lowest BCUT2D eigenvalue weighted by atomic mass is 9.97. The predicted molar refractivity (Wildman–Crippen MR) is 63.9 cm³/mol. The second-order valence-electron chi connectivity index (χ2n) is 4.80. The van der Waals surface area contributed by atoms with Gasteiger partial charge in [-0.2, -0.15) is 0 Å². The molecule has 1 aromatic rings. The van der Waals surface area contributed by atoms with Crippen LogP contribution in [0.15, 0.2) is 24.3 Å². The standard InChI is InChI=1S/C13H17NO3/c1-10-5-3-4-6-11(10)17-7-12(15)14-8-13(2,16)9-14/h3-6,16H,7-9H2,1-2H3. The van der Waals surface area contributed by atoms with Gasteiger partial charge in [-0.3, -0.25) is 4.79 Å². The lowest BCUT2D eigenvalue weighted by Gasteiger charge is -2.44. The molecule has 0 aromatic heterocycles. The number of nitrogens with zero attached hydrogens (tertiary/aromatic N) is 1. The average Bonchev–Trinajstić information content (AvgIpc) is 2.24. The molecule has 1 N–H and O–H groups in total. The first-order chi connectivity index (χ1) is 7.98. The molecule has 0 aliphatic carbocycles. The first-order valence-electron chi connectivity index (χ1n) is 5.66. The number of amides is 1. The monoisotopic (exact) mass is 235 g/mol. The van der Waals surface area contributed by atoms with Crippen LogP contribution in [0.25, 0.3) is 0 Å². The highest BCUT2D eigenvalue weighted by Gasteiger charge is 2.39. The van der Waals surface area contributed by atoms with E-state index in [1.807, 2.05) is 31.2 Å². The summed E-state index contributed by atoms with van der Waals surface area (Å²) in [4.78, 5) is 13.3. The molecule has 1 aromatic carbocycles. The van der Waals surface area contributed by atoms with E-state index in [1.165, 1.54) is 0 Å². The molecule has 1 amide bonds. The van der Waals surface area contributed by atoms with Gasteiger partial charge in [0.05, 0.1) is 18.7 Å². The summed E-state index contributed by atoms with van der Waals surface area (Å²) in [5, 5.41) is 9.53. The Hall–Kier alpha value is -1.55. The van der Waals surface area contributed by atoms with Gasteiger partial charge >= 0.3 is 0 Å². The van der Waals surface area contributed by atoms with Gasteiger partial charge < -0.3 is 14.7 Å². The number of ether oxygens (including phenoxy) is 1. The second-order valence-corrected chi connectivity index (χ2v) is 4.80. The Bertz CT molecular complexity index is 420. The number of aliphatic hydroxyl groups is 1. The number of carbonyl (C=O) groups excluding carboxylic acids is 1. The molecule has 0 radical (unpaired) electrons. The fourth-order valence-corrected chi connectivity index (χ4v) is 1.90. The molecule has 0 saturated carbocycles. The van der Waals surface area contributed by atoms with Gasteiger partial charge in [0.2, 0.25) is 0 Å². The Labute approximate surface area is 101 Å². The number of hydrogen-bond donors (Lipinski definition) is 1. The van der Waals surface area contributed by atoms with Crippen LogP contribution in [-0.2, 0) is 4.79 Å². The van der Waals surface area contributed by atoms with Gasteiger partial charge in [-0.15, -0.1) is 0 Å². The number of likely N-dealkylation sites (tertiary alicyclic amines) is 1. The summed E-state index contributed by atoms with van der Waals surface area (Å²) in [6, 6.07) is 7.58. The first-order valence-corrected chi connectivity index (χ1v) is 5.66. The molecule has 1 aliphatic heterocycles. The Morgan fingerprint density at radius 1 is 1.47 bits per heavy atom. The van der Waals surface area contributed by atoms with Crippen molar-refractivity contribution < 1.29 is 14.6 Å². The summed E-state index contributed by atoms with van der Waals surface area (Å²) in [5.41, 5.74) is 0.286. The van der Waals surface area contributed by atoms with Crippen molar-refractivity contribution in [2.24, 2.45) is 0 Å². The largest absolute Gasteiger partial charge is 0.484 e. The Balaban J connectivity index is 1.83. The van der Waals surface area contributed by atoms with Crippen LogP contribution in [0, 0.1) is 6.92 Å². The molecule has 4 heteroatoms. The van der Waals surface area contributed by atoms with Crippen LogP contribution in [0.4, 0.5) is 0 Å². The van der Waals surface area contributed by atoms with Gasteiger partial charge in [0.1, 0.15) is 5.75 Å². The summed E-state index contributed by atoms with van der Waals surface area (Å²) in [7, 11) is 0. The molecule has 17 heavy (non-hydrogen) atoms. The van der Waals surface area contributed by atoms with Crippen LogP contribution in [0.2, 0.25) is 0 Å². The Morgan fingerprint density at radius 3 is 2.71 bits per heavy atom. The fraction of sp³-hybridized carbons (Fsp3) is 0.462. The molecule has 0 unspecified atom stereocenters. The van der Waals surface area contributed by atoms with Gasteiger partial charge in [0, 0.05) is 0 Å². The Kier molecular flexibility index (Phi) is 3.07. The highest BCUT2D eigenvalue weighted by Crippen LogP contribution is 2.20. The molecule has 1 fully saturated rings. The summed E-state index contributed by atoms with van der Waals surface area (Å²) < 4.78 is 5.45. The van der Waals surface area contributed by atoms with E-state index in [-0.39, 0.29) is 12.5 Å². The van der Waals surface area contributed by atoms with E-state index in [2.05, 4.69) is 0 Å². The van der Waals surface area contributed by atoms with Crippen LogP contribution in [0.5, 0.6) is 5.75 Å². The van der Waals surface area contributed by atoms with E-state index in [9.17, 15) is 9.90 Å². The number of para-hydroxylation sites is 1. The lowest BCUT2D eigenvalue weighted by Crippen LogP contribution is -2.62. The van der Waals surface area contributed by atoms with Crippen molar-refractivity contribution >= 4 is 5.91 Å². The normalized spacial score (nSPS) is 17.5. The summed E-state index contributed by atoms with van der Waals surface area (Å²) in [5.74, 6) is 0.646.